The molecule has 0 fully saturated rings. The summed E-state index contributed by atoms with van der Waals surface area (Å²) in [5, 5.41) is 0. The maximum absolute atomic E-state index is 12.6. The number of hydrogen-bond donors (Lipinski definition) is 0. The van der Waals surface area contributed by atoms with Gasteiger partial charge in [-0.25, -0.2) is 9.67 Å². The van der Waals surface area contributed by atoms with Crippen molar-refractivity contribution in [2.75, 3.05) is 0 Å². The standard InChI is InChI=1S/C17H16N4O/c1-13-16(19-12-14-8-10-18-11-9-14)17(22)21(20(13)2)15-6-4-3-5-7-15/h3-12H,1-2H3. The molecule has 22 heavy (non-hydrogen) atoms. The van der Waals surface area contributed by atoms with Crippen LogP contribution in [-0.4, -0.2) is 20.6 Å². The van der Waals surface area contributed by atoms with E-state index in [-0.39, 0.29) is 5.56 Å². The van der Waals surface area contributed by atoms with Crippen LogP contribution in [0.1, 0.15) is 11.3 Å². The number of aromatic nitrogens is 3. The highest BCUT2D eigenvalue weighted by atomic mass is 16.1. The van der Waals surface area contributed by atoms with Gasteiger partial charge in [0, 0.05) is 25.7 Å². The zero-order valence-electron chi connectivity index (χ0n) is 12.5. The zero-order valence-corrected chi connectivity index (χ0v) is 12.5. The van der Waals surface area contributed by atoms with Crippen molar-refractivity contribution in [3.05, 3.63) is 76.5 Å². The van der Waals surface area contributed by atoms with Gasteiger partial charge in [-0.1, -0.05) is 18.2 Å². The van der Waals surface area contributed by atoms with Gasteiger partial charge in [0.25, 0.3) is 5.56 Å². The second-order valence-corrected chi connectivity index (χ2v) is 4.95. The monoisotopic (exact) mass is 292 g/mol. The Balaban J connectivity index is 2.08. The molecule has 0 saturated carbocycles. The molecule has 0 atom stereocenters. The van der Waals surface area contributed by atoms with Gasteiger partial charge in [-0.05, 0) is 36.8 Å². The first-order valence-electron chi connectivity index (χ1n) is 6.96. The normalized spacial score (nSPS) is 11.2. The molecule has 110 valence electrons. The van der Waals surface area contributed by atoms with Crippen LogP contribution in [0.3, 0.4) is 0 Å². The highest BCUT2D eigenvalue weighted by Crippen LogP contribution is 2.16. The lowest BCUT2D eigenvalue weighted by atomic mass is 10.3. The van der Waals surface area contributed by atoms with Crippen molar-refractivity contribution in [3.63, 3.8) is 0 Å². The lowest BCUT2D eigenvalue weighted by molar-refractivity contribution is 0.630. The van der Waals surface area contributed by atoms with Gasteiger partial charge >= 0.3 is 0 Å². The van der Waals surface area contributed by atoms with E-state index >= 15 is 0 Å². The van der Waals surface area contributed by atoms with Gasteiger partial charge in [0.05, 0.1) is 11.4 Å². The summed E-state index contributed by atoms with van der Waals surface area (Å²) in [5.41, 5.74) is 2.87. The van der Waals surface area contributed by atoms with Crippen molar-refractivity contribution in [2.45, 2.75) is 6.92 Å². The van der Waals surface area contributed by atoms with E-state index in [1.165, 1.54) is 0 Å². The molecule has 0 saturated heterocycles. The van der Waals surface area contributed by atoms with Gasteiger partial charge < -0.3 is 0 Å². The van der Waals surface area contributed by atoms with Crippen molar-refractivity contribution in [1.82, 2.24) is 14.3 Å². The third-order valence-electron chi connectivity index (χ3n) is 3.57. The first-order valence-corrected chi connectivity index (χ1v) is 6.96. The summed E-state index contributed by atoms with van der Waals surface area (Å²) >= 11 is 0. The Morgan fingerprint density at radius 1 is 1.09 bits per heavy atom. The number of aliphatic imine (C=N–C) groups is 1. The van der Waals surface area contributed by atoms with Crippen LogP contribution in [0.15, 0.2) is 64.6 Å². The second-order valence-electron chi connectivity index (χ2n) is 4.95. The van der Waals surface area contributed by atoms with Crippen molar-refractivity contribution in [3.8, 4) is 5.69 Å². The summed E-state index contributed by atoms with van der Waals surface area (Å²) in [6, 6.07) is 13.2. The molecule has 0 radical (unpaired) electrons. The fourth-order valence-electron chi connectivity index (χ4n) is 2.29. The topological polar surface area (TPSA) is 52.2 Å². The lowest BCUT2D eigenvalue weighted by Gasteiger charge is -2.07. The summed E-state index contributed by atoms with van der Waals surface area (Å²) < 4.78 is 3.44. The van der Waals surface area contributed by atoms with E-state index in [1.807, 2.05) is 61.1 Å². The Morgan fingerprint density at radius 3 is 2.45 bits per heavy atom. The molecule has 5 nitrogen and oxygen atoms in total. The maximum atomic E-state index is 12.6. The van der Waals surface area contributed by atoms with Crippen LogP contribution < -0.4 is 5.56 Å². The summed E-state index contributed by atoms with van der Waals surface area (Å²) in [6.07, 6.45) is 5.07. The number of benzene rings is 1. The smallest absolute Gasteiger partial charge is 0.283 e. The van der Waals surface area contributed by atoms with Crippen molar-refractivity contribution in [1.29, 1.82) is 0 Å². The fraction of sp³-hybridized carbons (Fsp3) is 0.118. The van der Waals surface area contributed by atoms with E-state index in [0.29, 0.717) is 5.69 Å². The molecule has 0 aliphatic carbocycles. The molecule has 2 heterocycles. The number of para-hydroxylation sites is 1. The van der Waals surface area contributed by atoms with Gasteiger partial charge in [-0.3, -0.25) is 14.5 Å². The Kier molecular flexibility index (Phi) is 3.70. The largest absolute Gasteiger partial charge is 0.297 e. The molecule has 0 bridgehead atoms. The third-order valence-corrected chi connectivity index (χ3v) is 3.57. The zero-order chi connectivity index (χ0) is 15.5. The van der Waals surface area contributed by atoms with Crippen LogP contribution in [0.2, 0.25) is 0 Å². The minimum absolute atomic E-state index is 0.128. The molecule has 0 spiro atoms. The highest BCUT2D eigenvalue weighted by Gasteiger charge is 2.14. The summed E-state index contributed by atoms with van der Waals surface area (Å²) in [5.74, 6) is 0. The predicted molar refractivity (Wildman–Crippen MR) is 87.2 cm³/mol. The summed E-state index contributed by atoms with van der Waals surface area (Å²) in [7, 11) is 1.86. The first-order chi connectivity index (χ1) is 10.7. The van der Waals surface area contributed by atoms with E-state index in [0.717, 1.165) is 16.9 Å². The second kappa shape index (κ2) is 5.81. The average molecular weight is 292 g/mol. The molecule has 0 aliphatic heterocycles. The van der Waals surface area contributed by atoms with Crippen molar-refractivity contribution >= 4 is 11.9 Å². The predicted octanol–water partition coefficient (Wildman–Crippen LogP) is 2.63. The van der Waals surface area contributed by atoms with Gasteiger partial charge in [0.15, 0.2) is 5.69 Å². The van der Waals surface area contributed by atoms with Gasteiger partial charge in [-0.2, -0.15) is 0 Å². The molecule has 0 amide bonds. The minimum atomic E-state index is -0.128. The van der Waals surface area contributed by atoms with Crippen LogP contribution in [0, 0.1) is 6.92 Å². The molecular weight excluding hydrogens is 276 g/mol. The number of rotatable bonds is 3. The van der Waals surface area contributed by atoms with E-state index in [1.54, 1.807) is 23.3 Å². The Bertz CT molecular complexity index is 861. The Hall–Kier alpha value is -2.95. The van der Waals surface area contributed by atoms with Gasteiger partial charge in [0.2, 0.25) is 0 Å². The van der Waals surface area contributed by atoms with Crippen LogP contribution in [0.4, 0.5) is 5.69 Å². The number of pyridine rings is 1. The molecule has 0 N–H and O–H groups in total. The van der Waals surface area contributed by atoms with Crippen molar-refractivity contribution < 1.29 is 0 Å². The van der Waals surface area contributed by atoms with Gasteiger partial charge in [0.1, 0.15) is 0 Å². The van der Waals surface area contributed by atoms with Crippen LogP contribution in [0.5, 0.6) is 0 Å². The van der Waals surface area contributed by atoms with Crippen LogP contribution in [0.25, 0.3) is 5.69 Å². The molecule has 5 heteroatoms. The lowest BCUT2D eigenvalue weighted by Crippen LogP contribution is -2.19. The van der Waals surface area contributed by atoms with Crippen molar-refractivity contribution in [2.24, 2.45) is 12.0 Å². The third kappa shape index (κ3) is 2.48. The van der Waals surface area contributed by atoms with E-state index in [9.17, 15) is 4.79 Å². The molecule has 1 aromatic carbocycles. The number of hydrogen-bond acceptors (Lipinski definition) is 3. The summed E-state index contributed by atoms with van der Waals surface area (Å²) in [4.78, 5) is 21.0. The van der Waals surface area contributed by atoms with E-state index in [4.69, 9.17) is 0 Å². The molecule has 0 aliphatic rings. The molecule has 0 unspecified atom stereocenters. The fourth-order valence-corrected chi connectivity index (χ4v) is 2.29. The summed E-state index contributed by atoms with van der Waals surface area (Å²) in [6.45, 7) is 1.89. The first kappa shape index (κ1) is 14.0. The van der Waals surface area contributed by atoms with E-state index < -0.39 is 0 Å². The molecular formula is C17H16N4O. The van der Waals surface area contributed by atoms with Gasteiger partial charge in [-0.15, -0.1) is 0 Å². The molecule has 2 aromatic heterocycles. The Labute approximate surface area is 128 Å². The number of nitrogens with zero attached hydrogens (tertiary/aromatic N) is 4. The quantitative estimate of drug-likeness (QED) is 0.697. The van der Waals surface area contributed by atoms with Crippen LogP contribution in [-0.2, 0) is 7.05 Å². The SMILES string of the molecule is Cc1c(N=Cc2ccncc2)c(=O)n(-c2ccccc2)n1C. The highest BCUT2D eigenvalue weighted by molar-refractivity contribution is 5.81. The molecule has 3 rings (SSSR count). The average Bonchev–Trinajstić information content (AvgIpc) is 2.77. The molecule has 3 aromatic rings. The maximum Gasteiger partial charge on any atom is 0.297 e. The van der Waals surface area contributed by atoms with E-state index in [2.05, 4.69) is 9.98 Å². The van der Waals surface area contributed by atoms with Crippen LogP contribution >= 0.6 is 0 Å². The minimum Gasteiger partial charge on any atom is -0.283 e. The Morgan fingerprint density at radius 2 is 1.77 bits per heavy atom.